The molecule has 2 N–H and O–H groups in total. The van der Waals surface area contributed by atoms with E-state index in [0.29, 0.717) is 11.0 Å². The van der Waals surface area contributed by atoms with E-state index in [2.05, 4.69) is 5.10 Å². The van der Waals surface area contributed by atoms with E-state index in [1.54, 1.807) is 0 Å². The number of hydrogen-bond acceptors (Lipinski definition) is 6. The van der Waals surface area contributed by atoms with Crippen molar-refractivity contribution in [3.63, 3.8) is 0 Å². The summed E-state index contributed by atoms with van der Waals surface area (Å²) < 4.78 is 43.5. The summed E-state index contributed by atoms with van der Waals surface area (Å²) >= 11 is 0. The van der Waals surface area contributed by atoms with E-state index in [1.807, 2.05) is 10.7 Å². The maximum Gasteiger partial charge on any atom is 0.416 e. The Morgan fingerprint density at radius 2 is 1.97 bits per heavy atom. The Morgan fingerprint density at radius 3 is 2.62 bits per heavy atom. The quantitative estimate of drug-likeness (QED) is 0.455. The fourth-order valence-corrected chi connectivity index (χ4v) is 2.42. The normalized spacial score (nSPS) is 17.6. The number of alkyl halides is 3. The molecule has 0 spiro atoms. The lowest BCUT2D eigenvalue weighted by atomic mass is 10.1. The Labute approximate surface area is 160 Å². The third-order valence-corrected chi connectivity index (χ3v) is 3.77. The van der Waals surface area contributed by atoms with Crippen LogP contribution in [0.15, 0.2) is 52.2 Å². The number of carbonyl (C=O) groups is 4. The minimum absolute atomic E-state index is 0.0812. The van der Waals surface area contributed by atoms with Crippen molar-refractivity contribution in [3.8, 4) is 0 Å². The summed E-state index contributed by atoms with van der Waals surface area (Å²) in [6.45, 7) is 0. The third kappa shape index (κ3) is 4.15. The molecule has 1 fully saturated rings. The molecule has 0 unspecified atom stereocenters. The molecular weight excluding hydrogens is 397 g/mol. The van der Waals surface area contributed by atoms with Crippen LogP contribution in [0.25, 0.3) is 0 Å². The molecule has 150 valence electrons. The second kappa shape index (κ2) is 7.58. The van der Waals surface area contributed by atoms with Crippen molar-refractivity contribution in [2.75, 3.05) is 4.90 Å². The van der Waals surface area contributed by atoms with E-state index in [9.17, 15) is 32.3 Å². The standard InChI is InChI=1S/C17H11F3N4O5/c18-17(19,20)9-3-1-4-10(7-9)24-15(27)11(13(25)22-16(24)28)8-21-23-14(26)12-5-2-6-29-12/h1-8,11H,(H,23,26)(H,22,25,28)/b21-8-/t11-/m1/s1. The number of carbonyl (C=O) groups excluding carboxylic acids is 4. The first-order valence-electron chi connectivity index (χ1n) is 7.91. The van der Waals surface area contributed by atoms with E-state index >= 15 is 0 Å². The van der Waals surface area contributed by atoms with Gasteiger partial charge in [-0.05, 0) is 30.3 Å². The number of halogens is 3. The van der Waals surface area contributed by atoms with Crippen LogP contribution in [-0.2, 0) is 15.8 Å². The molecule has 0 bridgehead atoms. The number of benzene rings is 1. The molecule has 12 heteroatoms. The molecule has 0 aliphatic carbocycles. The molecular formula is C17H11F3N4O5. The summed E-state index contributed by atoms with van der Waals surface area (Å²) in [5, 5.41) is 5.33. The van der Waals surface area contributed by atoms with Crippen molar-refractivity contribution in [2.24, 2.45) is 11.0 Å². The van der Waals surface area contributed by atoms with E-state index in [0.717, 1.165) is 24.4 Å². The number of hydrazone groups is 1. The van der Waals surface area contributed by atoms with Gasteiger partial charge in [-0.25, -0.2) is 15.1 Å². The van der Waals surface area contributed by atoms with Gasteiger partial charge in [0.2, 0.25) is 5.91 Å². The first-order chi connectivity index (χ1) is 13.7. The van der Waals surface area contributed by atoms with Crippen LogP contribution in [0.1, 0.15) is 16.1 Å². The first kappa shape index (κ1) is 19.8. The molecule has 1 aliphatic heterocycles. The Balaban J connectivity index is 1.81. The first-order valence-corrected chi connectivity index (χ1v) is 7.91. The van der Waals surface area contributed by atoms with Crippen LogP contribution in [0.2, 0.25) is 0 Å². The molecule has 0 saturated carbocycles. The van der Waals surface area contributed by atoms with Gasteiger partial charge in [0.05, 0.1) is 17.5 Å². The molecule has 29 heavy (non-hydrogen) atoms. The number of amides is 5. The molecule has 1 saturated heterocycles. The van der Waals surface area contributed by atoms with Crippen LogP contribution >= 0.6 is 0 Å². The molecule has 1 aromatic carbocycles. The molecule has 2 aromatic rings. The molecule has 1 aromatic heterocycles. The predicted octanol–water partition coefficient (Wildman–Crippen LogP) is 1.91. The number of rotatable bonds is 4. The van der Waals surface area contributed by atoms with Crippen LogP contribution in [-0.4, -0.2) is 30.0 Å². The third-order valence-electron chi connectivity index (χ3n) is 3.77. The summed E-state index contributed by atoms with van der Waals surface area (Å²) in [5.74, 6) is -4.67. The van der Waals surface area contributed by atoms with E-state index in [4.69, 9.17) is 4.42 Å². The molecule has 3 rings (SSSR count). The fraction of sp³-hybridized carbons (Fsp3) is 0.118. The van der Waals surface area contributed by atoms with E-state index < -0.39 is 41.4 Å². The average Bonchev–Trinajstić information content (AvgIpc) is 3.18. The van der Waals surface area contributed by atoms with E-state index in [1.165, 1.54) is 18.4 Å². The van der Waals surface area contributed by atoms with Crippen LogP contribution in [0.3, 0.4) is 0 Å². The van der Waals surface area contributed by atoms with Gasteiger partial charge in [0.15, 0.2) is 11.7 Å². The molecule has 1 aliphatic rings. The fourth-order valence-electron chi connectivity index (χ4n) is 2.42. The summed E-state index contributed by atoms with van der Waals surface area (Å²) in [4.78, 5) is 48.6. The van der Waals surface area contributed by atoms with Gasteiger partial charge in [-0.1, -0.05) is 6.07 Å². The lowest BCUT2D eigenvalue weighted by Crippen LogP contribution is -2.58. The maximum atomic E-state index is 12.9. The highest BCUT2D eigenvalue weighted by atomic mass is 19.4. The van der Waals surface area contributed by atoms with Crippen molar-refractivity contribution in [2.45, 2.75) is 6.18 Å². The lowest BCUT2D eigenvalue weighted by molar-refractivity contribution is -0.138. The zero-order chi connectivity index (χ0) is 21.2. The average molecular weight is 408 g/mol. The van der Waals surface area contributed by atoms with Crippen molar-refractivity contribution >= 4 is 35.7 Å². The molecule has 9 nitrogen and oxygen atoms in total. The topological polar surface area (TPSA) is 121 Å². The monoisotopic (exact) mass is 408 g/mol. The van der Waals surface area contributed by atoms with Gasteiger partial charge < -0.3 is 4.42 Å². The van der Waals surface area contributed by atoms with Crippen LogP contribution in [0, 0.1) is 5.92 Å². The van der Waals surface area contributed by atoms with Crippen molar-refractivity contribution in [3.05, 3.63) is 54.0 Å². The number of hydrogen-bond donors (Lipinski definition) is 2. The Kier molecular flexibility index (Phi) is 5.17. The van der Waals surface area contributed by atoms with Gasteiger partial charge in [-0.2, -0.15) is 18.3 Å². The van der Waals surface area contributed by atoms with Crippen LogP contribution < -0.4 is 15.6 Å². The molecule has 1 atom stereocenters. The summed E-state index contributed by atoms with van der Waals surface area (Å²) in [7, 11) is 0. The van der Waals surface area contributed by atoms with Gasteiger partial charge >= 0.3 is 18.1 Å². The highest BCUT2D eigenvalue weighted by Crippen LogP contribution is 2.32. The van der Waals surface area contributed by atoms with Crippen molar-refractivity contribution in [1.29, 1.82) is 0 Å². The number of urea groups is 1. The summed E-state index contributed by atoms with van der Waals surface area (Å²) in [5.41, 5.74) is 0.559. The number of anilines is 1. The number of nitrogens with zero attached hydrogens (tertiary/aromatic N) is 2. The van der Waals surface area contributed by atoms with Gasteiger partial charge in [0, 0.05) is 6.21 Å². The second-order valence-corrected chi connectivity index (χ2v) is 5.69. The van der Waals surface area contributed by atoms with Gasteiger partial charge in [-0.15, -0.1) is 0 Å². The lowest BCUT2D eigenvalue weighted by Gasteiger charge is -2.28. The Morgan fingerprint density at radius 1 is 1.21 bits per heavy atom. The van der Waals surface area contributed by atoms with Crippen LogP contribution in [0.4, 0.5) is 23.7 Å². The van der Waals surface area contributed by atoms with E-state index in [-0.39, 0.29) is 11.4 Å². The predicted molar refractivity (Wildman–Crippen MR) is 90.6 cm³/mol. The zero-order valence-electron chi connectivity index (χ0n) is 14.3. The zero-order valence-corrected chi connectivity index (χ0v) is 14.3. The molecule has 5 amide bonds. The van der Waals surface area contributed by atoms with Crippen molar-refractivity contribution in [1.82, 2.24) is 10.7 Å². The summed E-state index contributed by atoms with van der Waals surface area (Å²) in [6, 6.07) is 5.08. The number of imide groups is 2. The summed E-state index contributed by atoms with van der Waals surface area (Å²) in [6.07, 6.45) is -2.70. The smallest absolute Gasteiger partial charge is 0.416 e. The van der Waals surface area contributed by atoms with Crippen molar-refractivity contribution < 1.29 is 36.8 Å². The van der Waals surface area contributed by atoms with Gasteiger partial charge in [0.1, 0.15) is 0 Å². The van der Waals surface area contributed by atoms with Gasteiger partial charge in [-0.3, -0.25) is 19.7 Å². The minimum atomic E-state index is -4.70. The minimum Gasteiger partial charge on any atom is -0.459 e. The van der Waals surface area contributed by atoms with Gasteiger partial charge in [0.25, 0.3) is 5.91 Å². The number of barbiturate groups is 1. The number of furan rings is 1. The second-order valence-electron chi connectivity index (χ2n) is 5.69. The Bertz CT molecular complexity index is 1000. The molecule has 0 radical (unpaired) electrons. The maximum absolute atomic E-state index is 12.9. The highest BCUT2D eigenvalue weighted by molar-refractivity contribution is 6.32. The Hall–Kier alpha value is -3.96. The number of nitrogens with one attached hydrogen (secondary N) is 2. The SMILES string of the molecule is O=C(N/N=C\[C@@H]1C(=O)NC(=O)N(c2cccc(C(F)(F)F)c2)C1=O)c1ccco1. The molecule has 2 heterocycles. The highest BCUT2D eigenvalue weighted by Gasteiger charge is 2.41. The van der Waals surface area contributed by atoms with Crippen LogP contribution in [0.5, 0.6) is 0 Å². The largest absolute Gasteiger partial charge is 0.459 e.